The van der Waals surface area contributed by atoms with E-state index in [2.05, 4.69) is 35.8 Å². The summed E-state index contributed by atoms with van der Waals surface area (Å²) in [4.78, 5) is 6.55. The molecule has 1 aliphatic carbocycles. The van der Waals surface area contributed by atoms with Crippen molar-refractivity contribution < 1.29 is 0 Å². The van der Waals surface area contributed by atoms with Crippen molar-refractivity contribution in [1.82, 2.24) is 10.3 Å². The fourth-order valence-electron chi connectivity index (χ4n) is 2.65. The maximum absolute atomic E-state index is 5.00. The standard InChI is InChI=1S/C13H20N2S3/c1-2-14-9-4-3-5-10-12(9)15-13(18-10)11-8-16-6-7-17-11/h9,11,14H,2-8H2,1H3. The van der Waals surface area contributed by atoms with Crippen LogP contribution in [0.15, 0.2) is 0 Å². The summed E-state index contributed by atoms with van der Waals surface area (Å²) in [7, 11) is 0. The van der Waals surface area contributed by atoms with Crippen LogP contribution < -0.4 is 5.32 Å². The van der Waals surface area contributed by atoms with Crippen LogP contribution in [0.1, 0.15) is 46.6 Å². The Labute approximate surface area is 122 Å². The molecule has 0 amide bonds. The molecule has 1 N–H and O–H groups in total. The van der Waals surface area contributed by atoms with Crippen molar-refractivity contribution in [3.63, 3.8) is 0 Å². The highest BCUT2D eigenvalue weighted by Gasteiger charge is 2.27. The number of hydrogen-bond donors (Lipinski definition) is 1. The Morgan fingerprint density at radius 1 is 1.39 bits per heavy atom. The molecule has 3 rings (SSSR count). The van der Waals surface area contributed by atoms with Crippen LogP contribution in [0.5, 0.6) is 0 Å². The molecule has 100 valence electrons. The van der Waals surface area contributed by atoms with E-state index < -0.39 is 0 Å². The number of thiazole rings is 1. The van der Waals surface area contributed by atoms with E-state index in [1.807, 2.05) is 11.3 Å². The molecular weight excluding hydrogens is 280 g/mol. The van der Waals surface area contributed by atoms with Crippen LogP contribution in [-0.2, 0) is 6.42 Å². The summed E-state index contributed by atoms with van der Waals surface area (Å²) in [5.74, 6) is 3.85. The molecule has 18 heavy (non-hydrogen) atoms. The van der Waals surface area contributed by atoms with Crippen molar-refractivity contribution >= 4 is 34.9 Å². The first-order valence-electron chi connectivity index (χ1n) is 6.80. The van der Waals surface area contributed by atoms with Crippen molar-refractivity contribution in [2.75, 3.05) is 23.8 Å². The van der Waals surface area contributed by atoms with Gasteiger partial charge in [-0.1, -0.05) is 6.92 Å². The van der Waals surface area contributed by atoms with E-state index in [9.17, 15) is 0 Å². The van der Waals surface area contributed by atoms with Gasteiger partial charge in [-0.2, -0.15) is 11.8 Å². The molecular formula is C13H20N2S3. The average molecular weight is 301 g/mol. The van der Waals surface area contributed by atoms with Gasteiger partial charge in [0.2, 0.25) is 0 Å². The van der Waals surface area contributed by atoms with Gasteiger partial charge in [-0.15, -0.1) is 23.1 Å². The van der Waals surface area contributed by atoms with Crippen molar-refractivity contribution in [3.8, 4) is 0 Å². The molecule has 5 heteroatoms. The Balaban J connectivity index is 1.81. The highest BCUT2D eigenvalue weighted by molar-refractivity contribution is 8.06. The topological polar surface area (TPSA) is 24.9 Å². The quantitative estimate of drug-likeness (QED) is 0.921. The predicted molar refractivity (Wildman–Crippen MR) is 84.0 cm³/mol. The molecule has 2 aliphatic rings. The summed E-state index contributed by atoms with van der Waals surface area (Å²) in [6, 6.07) is 0.519. The van der Waals surface area contributed by atoms with E-state index in [4.69, 9.17) is 4.98 Å². The second kappa shape index (κ2) is 6.16. The molecule has 2 atom stereocenters. The van der Waals surface area contributed by atoms with Crippen molar-refractivity contribution in [3.05, 3.63) is 15.6 Å². The van der Waals surface area contributed by atoms with Gasteiger partial charge in [0.15, 0.2) is 0 Å². The number of nitrogens with zero attached hydrogens (tertiary/aromatic N) is 1. The normalized spacial score (nSPS) is 28.1. The van der Waals surface area contributed by atoms with Gasteiger partial charge in [0.1, 0.15) is 5.01 Å². The molecule has 1 fully saturated rings. The summed E-state index contributed by atoms with van der Waals surface area (Å²) in [5, 5.41) is 5.63. The zero-order valence-electron chi connectivity index (χ0n) is 10.8. The van der Waals surface area contributed by atoms with Crippen molar-refractivity contribution in [2.45, 2.75) is 37.5 Å². The SMILES string of the molecule is CCNC1CCCc2sc(C3CSCCS3)nc21. The fraction of sp³-hybridized carbons (Fsp3) is 0.769. The van der Waals surface area contributed by atoms with Crippen LogP contribution in [0.2, 0.25) is 0 Å². The third-order valence-electron chi connectivity index (χ3n) is 3.51. The second-order valence-electron chi connectivity index (χ2n) is 4.80. The number of aromatic nitrogens is 1. The zero-order valence-corrected chi connectivity index (χ0v) is 13.2. The van der Waals surface area contributed by atoms with Crippen LogP contribution in [0, 0.1) is 0 Å². The molecule has 1 aliphatic heterocycles. The van der Waals surface area contributed by atoms with Gasteiger partial charge in [0, 0.05) is 22.1 Å². The molecule has 0 aromatic carbocycles. The van der Waals surface area contributed by atoms with E-state index in [1.165, 1.54) is 47.2 Å². The summed E-state index contributed by atoms with van der Waals surface area (Å²) >= 11 is 6.17. The maximum Gasteiger partial charge on any atom is 0.107 e. The minimum absolute atomic E-state index is 0.519. The molecule has 2 heterocycles. The first-order valence-corrected chi connectivity index (χ1v) is 9.82. The Hall–Kier alpha value is 0.290. The molecule has 2 nitrogen and oxygen atoms in total. The van der Waals surface area contributed by atoms with Crippen molar-refractivity contribution in [2.24, 2.45) is 0 Å². The van der Waals surface area contributed by atoms with Crippen LogP contribution in [-0.4, -0.2) is 28.8 Å². The average Bonchev–Trinajstić information content (AvgIpc) is 2.85. The maximum atomic E-state index is 5.00. The Morgan fingerprint density at radius 2 is 2.33 bits per heavy atom. The number of aryl methyl sites for hydroxylation is 1. The minimum atomic E-state index is 0.519. The fourth-order valence-corrected chi connectivity index (χ4v) is 6.80. The highest BCUT2D eigenvalue weighted by Crippen LogP contribution is 2.42. The smallest absolute Gasteiger partial charge is 0.107 e. The van der Waals surface area contributed by atoms with Gasteiger partial charge in [-0.3, -0.25) is 0 Å². The monoisotopic (exact) mass is 300 g/mol. The third-order valence-corrected chi connectivity index (χ3v) is 7.67. The Morgan fingerprint density at radius 3 is 3.11 bits per heavy atom. The molecule has 0 bridgehead atoms. The van der Waals surface area contributed by atoms with E-state index in [-0.39, 0.29) is 0 Å². The first-order chi connectivity index (χ1) is 8.88. The second-order valence-corrected chi connectivity index (χ2v) is 8.37. The number of nitrogens with one attached hydrogen (secondary N) is 1. The lowest BCUT2D eigenvalue weighted by molar-refractivity contribution is 0.465. The molecule has 1 aromatic heterocycles. The van der Waals surface area contributed by atoms with Gasteiger partial charge in [0.05, 0.1) is 17.0 Å². The predicted octanol–water partition coefficient (Wildman–Crippen LogP) is 3.65. The number of hydrogen-bond acceptors (Lipinski definition) is 5. The van der Waals surface area contributed by atoms with Crippen LogP contribution in [0.25, 0.3) is 0 Å². The van der Waals surface area contributed by atoms with Gasteiger partial charge < -0.3 is 5.32 Å². The summed E-state index contributed by atoms with van der Waals surface area (Å²) < 4.78 is 0. The van der Waals surface area contributed by atoms with Gasteiger partial charge in [-0.05, 0) is 25.8 Å². The molecule has 0 radical (unpaired) electrons. The molecule has 0 saturated carbocycles. The van der Waals surface area contributed by atoms with Gasteiger partial charge in [-0.25, -0.2) is 4.98 Å². The lowest BCUT2D eigenvalue weighted by Crippen LogP contribution is -2.24. The summed E-state index contributed by atoms with van der Waals surface area (Å²) in [6.07, 6.45) is 3.83. The lowest BCUT2D eigenvalue weighted by atomic mass is 9.98. The Bertz CT molecular complexity index is 399. The summed E-state index contributed by atoms with van der Waals surface area (Å²) in [5.41, 5.74) is 1.37. The first kappa shape index (κ1) is 13.3. The minimum Gasteiger partial charge on any atom is -0.309 e. The zero-order chi connectivity index (χ0) is 12.4. The summed E-state index contributed by atoms with van der Waals surface area (Å²) in [6.45, 7) is 3.24. The number of thioether (sulfide) groups is 2. The highest BCUT2D eigenvalue weighted by atomic mass is 32.2. The molecule has 0 spiro atoms. The van der Waals surface area contributed by atoms with E-state index >= 15 is 0 Å². The largest absolute Gasteiger partial charge is 0.309 e. The molecule has 1 aromatic rings. The van der Waals surface area contributed by atoms with E-state index in [0.29, 0.717) is 11.3 Å². The van der Waals surface area contributed by atoms with E-state index in [1.54, 1.807) is 4.88 Å². The van der Waals surface area contributed by atoms with Crippen molar-refractivity contribution in [1.29, 1.82) is 0 Å². The van der Waals surface area contributed by atoms with Crippen LogP contribution >= 0.6 is 34.9 Å². The van der Waals surface area contributed by atoms with Crippen LogP contribution in [0.4, 0.5) is 0 Å². The van der Waals surface area contributed by atoms with Crippen LogP contribution in [0.3, 0.4) is 0 Å². The lowest BCUT2D eigenvalue weighted by Gasteiger charge is -2.21. The number of fused-ring (bicyclic) bond motifs is 1. The van der Waals surface area contributed by atoms with E-state index in [0.717, 1.165) is 6.54 Å². The van der Waals surface area contributed by atoms with Gasteiger partial charge in [0.25, 0.3) is 0 Å². The molecule has 1 saturated heterocycles. The Kier molecular flexibility index (Phi) is 4.55. The number of rotatable bonds is 3. The molecule has 2 unspecified atom stereocenters. The third kappa shape index (κ3) is 2.74. The van der Waals surface area contributed by atoms with Gasteiger partial charge >= 0.3 is 0 Å².